The molecule has 17 heavy (non-hydrogen) atoms. The fourth-order valence-corrected chi connectivity index (χ4v) is 1.35. The third-order valence-electron chi connectivity index (χ3n) is 2.12. The molecule has 0 saturated carbocycles. The molecule has 1 aromatic carbocycles. The number of nitrogens with one attached hydrogen (secondary N) is 1. The third-order valence-corrected chi connectivity index (χ3v) is 2.37. The van der Waals surface area contributed by atoms with Crippen LogP contribution in [0.1, 0.15) is 0 Å². The Hall–Kier alpha value is -0.810. The Labute approximate surface area is 106 Å². The highest BCUT2D eigenvalue weighted by Gasteiger charge is 2.04. The second-order valence-electron chi connectivity index (χ2n) is 3.62. The summed E-state index contributed by atoms with van der Waals surface area (Å²) in [5.41, 5.74) is 0. The van der Waals surface area contributed by atoms with Crippen molar-refractivity contribution in [1.82, 2.24) is 5.32 Å². The zero-order valence-corrected chi connectivity index (χ0v) is 10.6. The molecule has 0 saturated heterocycles. The highest BCUT2D eigenvalue weighted by molar-refractivity contribution is 6.30. The first-order valence-electron chi connectivity index (χ1n) is 5.48. The molecule has 0 amide bonds. The van der Waals surface area contributed by atoms with Crippen LogP contribution in [0.4, 0.5) is 0 Å². The number of ether oxygens (including phenoxy) is 2. The van der Waals surface area contributed by atoms with Crippen molar-refractivity contribution in [2.24, 2.45) is 0 Å². The maximum absolute atomic E-state index is 9.61. The Morgan fingerprint density at radius 3 is 2.71 bits per heavy atom. The molecule has 0 radical (unpaired) electrons. The first-order valence-corrected chi connectivity index (χ1v) is 5.86. The van der Waals surface area contributed by atoms with Gasteiger partial charge in [-0.1, -0.05) is 11.6 Å². The summed E-state index contributed by atoms with van der Waals surface area (Å²) in [6, 6.07) is 7.04. The zero-order valence-electron chi connectivity index (χ0n) is 9.86. The Morgan fingerprint density at radius 1 is 1.35 bits per heavy atom. The summed E-state index contributed by atoms with van der Waals surface area (Å²) in [6.07, 6.45) is -0.539. The van der Waals surface area contributed by atoms with Gasteiger partial charge in [-0.15, -0.1) is 0 Å². The molecule has 0 aliphatic heterocycles. The summed E-state index contributed by atoms with van der Waals surface area (Å²) in [4.78, 5) is 0. The SMILES string of the molecule is COCCNC[C@H](O)COc1ccc(Cl)cc1. The molecule has 1 aromatic rings. The minimum atomic E-state index is -0.539. The number of aliphatic hydroxyl groups excluding tert-OH is 1. The molecule has 0 fully saturated rings. The molecule has 1 atom stereocenters. The van der Waals surface area contributed by atoms with Crippen molar-refractivity contribution in [3.8, 4) is 5.75 Å². The molecular weight excluding hydrogens is 242 g/mol. The predicted molar refractivity (Wildman–Crippen MR) is 67.7 cm³/mol. The summed E-state index contributed by atoms with van der Waals surface area (Å²) in [6.45, 7) is 2.08. The van der Waals surface area contributed by atoms with Gasteiger partial charge in [0.15, 0.2) is 0 Å². The number of methoxy groups -OCH3 is 1. The molecular formula is C12H18ClNO3. The number of rotatable bonds is 8. The van der Waals surface area contributed by atoms with Crippen LogP contribution in [0.15, 0.2) is 24.3 Å². The molecule has 0 aliphatic rings. The number of hydrogen-bond donors (Lipinski definition) is 2. The van der Waals surface area contributed by atoms with E-state index < -0.39 is 6.10 Å². The van der Waals surface area contributed by atoms with Crippen molar-refractivity contribution in [3.05, 3.63) is 29.3 Å². The second-order valence-corrected chi connectivity index (χ2v) is 4.05. The molecule has 4 nitrogen and oxygen atoms in total. The van der Waals surface area contributed by atoms with Crippen molar-refractivity contribution < 1.29 is 14.6 Å². The largest absolute Gasteiger partial charge is 0.491 e. The van der Waals surface area contributed by atoms with Crippen LogP contribution in [0.5, 0.6) is 5.75 Å². The van der Waals surface area contributed by atoms with Gasteiger partial charge in [0.2, 0.25) is 0 Å². The summed E-state index contributed by atoms with van der Waals surface area (Å²) in [5.74, 6) is 0.699. The van der Waals surface area contributed by atoms with Gasteiger partial charge in [-0.3, -0.25) is 0 Å². The highest BCUT2D eigenvalue weighted by atomic mass is 35.5. The third kappa shape index (κ3) is 6.48. The highest BCUT2D eigenvalue weighted by Crippen LogP contribution is 2.15. The standard InChI is InChI=1S/C12H18ClNO3/c1-16-7-6-14-8-11(15)9-17-12-4-2-10(13)3-5-12/h2-5,11,14-15H,6-9H2,1H3/t11-/m0/s1. The van der Waals surface area contributed by atoms with Gasteiger partial charge in [-0.05, 0) is 24.3 Å². The molecule has 0 aliphatic carbocycles. The topological polar surface area (TPSA) is 50.7 Å². The average molecular weight is 260 g/mol. The smallest absolute Gasteiger partial charge is 0.119 e. The van der Waals surface area contributed by atoms with Gasteiger partial charge in [-0.25, -0.2) is 0 Å². The van der Waals surface area contributed by atoms with Gasteiger partial charge in [0.25, 0.3) is 0 Å². The summed E-state index contributed by atoms with van der Waals surface area (Å²) >= 11 is 5.75. The average Bonchev–Trinajstić information content (AvgIpc) is 2.34. The van der Waals surface area contributed by atoms with Gasteiger partial charge in [-0.2, -0.15) is 0 Å². The number of hydrogen-bond acceptors (Lipinski definition) is 4. The normalized spacial score (nSPS) is 12.4. The molecule has 0 spiro atoms. The maximum Gasteiger partial charge on any atom is 0.119 e. The van der Waals surface area contributed by atoms with E-state index in [4.69, 9.17) is 21.1 Å². The summed E-state index contributed by atoms with van der Waals surface area (Å²) < 4.78 is 10.3. The van der Waals surface area contributed by atoms with E-state index in [1.54, 1.807) is 31.4 Å². The van der Waals surface area contributed by atoms with Gasteiger partial charge in [0, 0.05) is 25.2 Å². The molecule has 0 bridgehead atoms. The second kappa shape index (κ2) is 8.31. The fourth-order valence-electron chi connectivity index (χ4n) is 1.23. The van der Waals surface area contributed by atoms with Gasteiger partial charge < -0.3 is 19.9 Å². The van der Waals surface area contributed by atoms with Crippen molar-refractivity contribution in [3.63, 3.8) is 0 Å². The lowest BCUT2D eigenvalue weighted by Gasteiger charge is -2.13. The minimum absolute atomic E-state index is 0.252. The van der Waals surface area contributed by atoms with E-state index in [2.05, 4.69) is 5.32 Å². The van der Waals surface area contributed by atoms with Crippen molar-refractivity contribution in [2.75, 3.05) is 33.4 Å². The van der Waals surface area contributed by atoms with E-state index >= 15 is 0 Å². The lowest BCUT2D eigenvalue weighted by molar-refractivity contribution is 0.103. The van der Waals surface area contributed by atoms with Crippen LogP contribution >= 0.6 is 11.6 Å². The molecule has 96 valence electrons. The van der Waals surface area contributed by atoms with E-state index in [1.165, 1.54) is 0 Å². The first kappa shape index (κ1) is 14.3. The first-order chi connectivity index (χ1) is 8.22. The Bertz CT molecular complexity index is 305. The van der Waals surface area contributed by atoms with Crippen LogP contribution in [-0.4, -0.2) is 44.6 Å². The van der Waals surface area contributed by atoms with E-state index in [0.717, 1.165) is 0 Å². The zero-order chi connectivity index (χ0) is 12.5. The fraction of sp³-hybridized carbons (Fsp3) is 0.500. The minimum Gasteiger partial charge on any atom is -0.491 e. The van der Waals surface area contributed by atoms with Crippen LogP contribution in [0, 0.1) is 0 Å². The van der Waals surface area contributed by atoms with Crippen LogP contribution in [0.2, 0.25) is 5.02 Å². The lowest BCUT2D eigenvalue weighted by Crippen LogP contribution is -2.33. The van der Waals surface area contributed by atoms with Gasteiger partial charge >= 0.3 is 0 Å². The number of benzene rings is 1. The molecule has 0 aromatic heterocycles. The molecule has 0 unspecified atom stereocenters. The van der Waals surface area contributed by atoms with E-state index in [1.807, 2.05) is 0 Å². The van der Waals surface area contributed by atoms with Crippen LogP contribution in [0.25, 0.3) is 0 Å². The van der Waals surface area contributed by atoms with Crippen molar-refractivity contribution in [1.29, 1.82) is 0 Å². The van der Waals surface area contributed by atoms with E-state index in [0.29, 0.717) is 30.5 Å². The lowest BCUT2D eigenvalue weighted by atomic mass is 10.3. The molecule has 5 heteroatoms. The Kier molecular flexibility index (Phi) is 6.96. The van der Waals surface area contributed by atoms with Crippen LogP contribution < -0.4 is 10.1 Å². The maximum atomic E-state index is 9.61. The van der Waals surface area contributed by atoms with Crippen LogP contribution in [-0.2, 0) is 4.74 Å². The molecule has 1 rings (SSSR count). The Balaban J connectivity index is 2.14. The van der Waals surface area contributed by atoms with E-state index in [-0.39, 0.29) is 6.61 Å². The predicted octanol–water partition coefficient (Wildman–Crippen LogP) is 1.32. The van der Waals surface area contributed by atoms with Gasteiger partial charge in [0.05, 0.1) is 6.61 Å². The van der Waals surface area contributed by atoms with E-state index in [9.17, 15) is 5.11 Å². The quantitative estimate of drug-likeness (QED) is 0.692. The molecule has 0 heterocycles. The van der Waals surface area contributed by atoms with Crippen molar-refractivity contribution in [2.45, 2.75) is 6.10 Å². The monoisotopic (exact) mass is 259 g/mol. The number of aliphatic hydroxyl groups is 1. The summed E-state index contributed by atoms with van der Waals surface area (Å²) in [7, 11) is 1.64. The Morgan fingerprint density at radius 2 is 2.06 bits per heavy atom. The van der Waals surface area contributed by atoms with Crippen molar-refractivity contribution >= 4 is 11.6 Å². The van der Waals surface area contributed by atoms with Gasteiger partial charge in [0.1, 0.15) is 18.5 Å². The summed E-state index contributed by atoms with van der Waals surface area (Å²) in [5, 5.41) is 13.3. The number of halogens is 1. The van der Waals surface area contributed by atoms with Crippen LogP contribution in [0.3, 0.4) is 0 Å². The molecule has 2 N–H and O–H groups in total.